The Hall–Kier alpha value is -1.53. The first-order valence-corrected chi connectivity index (χ1v) is 5.72. The van der Waals surface area contributed by atoms with E-state index in [0.29, 0.717) is 0 Å². The Labute approximate surface area is 96.5 Å². The fourth-order valence-corrected chi connectivity index (χ4v) is 2.21. The first-order chi connectivity index (χ1) is 7.70. The van der Waals surface area contributed by atoms with Gasteiger partial charge in [0.1, 0.15) is 0 Å². The van der Waals surface area contributed by atoms with Crippen molar-refractivity contribution in [3.8, 4) is 6.07 Å². The topological polar surface area (TPSA) is 53.0 Å². The molecule has 1 aromatic carbocycles. The zero-order valence-electron chi connectivity index (χ0n) is 9.61. The number of nitrogens with zero attached hydrogens (tertiary/aromatic N) is 2. The van der Waals surface area contributed by atoms with Crippen LogP contribution in [0.3, 0.4) is 0 Å². The van der Waals surface area contributed by atoms with Crippen molar-refractivity contribution in [2.75, 3.05) is 18.0 Å². The summed E-state index contributed by atoms with van der Waals surface area (Å²) in [5.41, 5.74) is 8.94. The van der Waals surface area contributed by atoms with Crippen molar-refractivity contribution in [3.63, 3.8) is 0 Å². The van der Waals surface area contributed by atoms with E-state index in [2.05, 4.69) is 17.0 Å². The van der Waals surface area contributed by atoms with Gasteiger partial charge in [0, 0.05) is 24.8 Å². The van der Waals surface area contributed by atoms with Crippen LogP contribution in [0.5, 0.6) is 0 Å². The zero-order valence-corrected chi connectivity index (χ0v) is 9.61. The second kappa shape index (κ2) is 4.54. The van der Waals surface area contributed by atoms with Crippen LogP contribution in [-0.2, 0) is 0 Å². The number of rotatable bonds is 1. The molecule has 0 saturated carbocycles. The van der Waals surface area contributed by atoms with Crippen LogP contribution >= 0.6 is 0 Å². The van der Waals surface area contributed by atoms with Gasteiger partial charge in [-0.2, -0.15) is 5.26 Å². The normalized spacial score (nSPS) is 20.6. The maximum Gasteiger partial charge on any atom is 0.0994 e. The maximum absolute atomic E-state index is 8.88. The molecule has 0 bridgehead atoms. The Morgan fingerprint density at radius 3 is 2.94 bits per heavy atom. The van der Waals surface area contributed by atoms with Crippen LogP contribution in [0.15, 0.2) is 18.2 Å². The molecule has 1 fully saturated rings. The quantitative estimate of drug-likeness (QED) is 0.777. The van der Waals surface area contributed by atoms with Crippen molar-refractivity contribution in [3.05, 3.63) is 29.3 Å². The molecule has 0 radical (unpaired) electrons. The SMILES string of the molecule is Cc1cc(N2CCCC(N)C2)ccc1C#N. The van der Waals surface area contributed by atoms with E-state index in [4.69, 9.17) is 11.0 Å². The molecule has 1 aliphatic rings. The Balaban J connectivity index is 2.21. The first-order valence-electron chi connectivity index (χ1n) is 5.72. The molecule has 0 amide bonds. The van der Waals surface area contributed by atoms with E-state index in [1.54, 1.807) is 0 Å². The van der Waals surface area contributed by atoms with Gasteiger partial charge in [-0.25, -0.2) is 0 Å². The molecule has 84 valence electrons. The van der Waals surface area contributed by atoms with E-state index in [-0.39, 0.29) is 6.04 Å². The van der Waals surface area contributed by atoms with Gasteiger partial charge in [0.2, 0.25) is 0 Å². The Kier molecular flexibility index (Phi) is 3.12. The fourth-order valence-electron chi connectivity index (χ4n) is 2.21. The van der Waals surface area contributed by atoms with Crippen LogP contribution in [0.1, 0.15) is 24.0 Å². The molecule has 3 heteroatoms. The van der Waals surface area contributed by atoms with Crippen molar-refractivity contribution in [2.45, 2.75) is 25.8 Å². The molecule has 16 heavy (non-hydrogen) atoms. The molecule has 0 aliphatic carbocycles. The van der Waals surface area contributed by atoms with E-state index in [9.17, 15) is 0 Å². The minimum absolute atomic E-state index is 0.282. The van der Waals surface area contributed by atoms with Crippen LogP contribution in [0, 0.1) is 18.3 Å². The Morgan fingerprint density at radius 1 is 1.50 bits per heavy atom. The van der Waals surface area contributed by atoms with Crippen molar-refractivity contribution >= 4 is 5.69 Å². The number of nitrogens with two attached hydrogens (primary N) is 1. The molecule has 0 spiro atoms. The first kappa shape index (κ1) is 11.0. The smallest absolute Gasteiger partial charge is 0.0994 e. The molecule has 1 atom stereocenters. The van der Waals surface area contributed by atoms with Crippen LogP contribution in [0.4, 0.5) is 5.69 Å². The molecule has 1 saturated heterocycles. The van der Waals surface area contributed by atoms with Crippen LogP contribution < -0.4 is 10.6 Å². The standard InChI is InChI=1S/C13H17N3/c1-10-7-13(5-4-11(10)8-14)16-6-2-3-12(15)9-16/h4-5,7,12H,2-3,6,9,15H2,1H3. The van der Waals surface area contributed by atoms with E-state index < -0.39 is 0 Å². The summed E-state index contributed by atoms with van der Waals surface area (Å²) in [5, 5.41) is 8.88. The highest BCUT2D eigenvalue weighted by molar-refractivity contribution is 5.53. The maximum atomic E-state index is 8.88. The monoisotopic (exact) mass is 215 g/mol. The van der Waals surface area contributed by atoms with E-state index >= 15 is 0 Å². The molecular formula is C13H17N3. The highest BCUT2D eigenvalue weighted by Gasteiger charge is 2.17. The third kappa shape index (κ3) is 2.17. The molecule has 2 N–H and O–H groups in total. The third-order valence-electron chi connectivity index (χ3n) is 3.15. The van der Waals surface area contributed by atoms with Crippen molar-refractivity contribution in [1.82, 2.24) is 0 Å². The second-order valence-corrected chi connectivity index (χ2v) is 4.46. The lowest BCUT2D eigenvalue weighted by Gasteiger charge is -2.32. The second-order valence-electron chi connectivity index (χ2n) is 4.46. The lowest BCUT2D eigenvalue weighted by molar-refractivity contribution is 0.506. The number of piperidine rings is 1. The van der Waals surface area contributed by atoms with Crippen molar-refractivity contribution in [2.24, 2.45) is 5.73 Å². The lowest BCUT2D eigenvalue weighted by Crippen LogP contribution is -2.42. The number of hydrogen-bond donors (Lipinski definition) is 1. The average Bonchev–Trinajstić information content (AvgIpc) is 2.29. The van der Waals surface area contributed by atoms with Gasteiger partial charge in [-0.05, 0) is 43.5 Å². The number of hydrogen-bond acceptors (Lipinski definition) is 3. The van der Waals surface area contributed by atoms with Gasteiger partial charge in [0.25, 0.3) is 0 Å². The minimum atomic E-state index is 0.282. The molecular weight excluding hydrogens is 198 g/mol. The van der Waals surface area contributed by atoms with Crippen molar-refractivity contribution in [1.29, 1.82) is 5.26 Å². The van der Waals surface area contributed by atoms with E-state index in [0.717, 1.165) is 37.1 Å². The minimum Gasteiger partial charge on any atom is -0.370 e. The summed E-state index contributed by atoms with van der Waals surface area (Å²) >= 11 is 0. The zero-order chi connectivity index (χ0) is 11.5. The van der Waals surface area contributed by atoms with Crippen molar-refractivity contribution < 1.29 is 0 Å². The molecule has 3 nitrogen and oxygen atoms in total. The number of aryl methyl sites for hydroxylation is 1. The number of anilines is 1. The molecule has 1 aromatic rings. The van der Waals surface area contributed by atoms with E-state index in [1.165, 1.54) is 5.69 Å². The van der Waals surface area contributed by atoms with Crippen LogP contribution in [0.25, 0.3) is 0 Å². The van der Waals surface area contributed by atoms with Gasteiger partial charge in [-0.3, -0.25) is 0 Å². The Morgan fingerprint density at radius 2 is 2.31 bits per heavy atom. The molecule has 2 rings (SSSR count). The van der Waals surface area contributed by atoms with Crippen LogP contribution in [0.2, 0.25) is 0 Å². The van der Waals surface area contributed by atoms with Gasteiger partial charge >= 0.3 is 0 Å². The molecule has 0 aromatic heterocycles. The summed E-state index contributed by atoms with van der Waals surface area (Å²) in [6.45, 7) is 3.97. The largest absolute Gasteiger partial charge is 0.370 e. The van der Waals surface area contributed by atoms with E-state index in [1.807, 2.05) is 19.1 Å². The fraction of sp³-hybridized carbons (Fsp3) is 0.462. The highest BCUT2D eigenvalue weighted by atomic mass is 15.1. The van der Waals surface area contributed by atoms with Crippen LogP contribution in [-0.4, -0.2) is 19.1 Å². The predicted octanol–water partition coefficient (Wildman–Crippen LogP) is 1.79. The summed E-state index contributed by atoms with van der Waals surface area (Å²) in [4.78, 5) is 2.31. The molecule has 1 unspecified atom stereocenters. The molecule has 1 heterocycles. The van der Waals surface area contributed by atoms with Gasteiger partial charge in [0.15, 0.2) is 0 Å². The Bertz CT molecular complexity index is 420. The molecule has 1 aliphatic heterocycles. The summed E-state index contributed by atoms with van der Waals surface area (Å²) in [7, 11) is 0. The highest BCUT2D eigenvalue weighted by Crippen LogP contribution is 2.22. The number of benzene rings is 1. The van der Waals surface area contributed by atoms with Gasteiger partial charge in [-0.15, -0.1) is 0 Å². The summed E-state index contributed by atoms with van der Waals surface area (Å²) in [6.07, 6.45) is 2.27. The van der Waals surface area contributed by atoms with Gasteiger partial charge < -0.3 is 10.6 Å². The average molecular weight is 215 g/mol. The van der Waals surface area contributed by atoms with Gasteiger partial charge in [0.05, 0.1) is 11.6 Å². The summed E-state index contributed by atoms with van der Waals surface area (Å²) in [6, 6.07) is 8.46. The summed E-state index contributed by atoms with van der Waals surface area (Å²) < 4.78 is 0. The predicted molar refractivity (Wildman–Crippen MR) is 65.3 cm³/mol. The van der Waals surface area contributed by atoms with Gasteiger partial charge in [-0.1, -0.05) is 0 Å². The number of nitriles is 1. The summed E-state index contributed by atoms with van der Waals surface area (Å²) in [5.74, 6) is 0. The lowest BCUT2D eigenvalue weighted by atomic mass is 10.0. The third-order valence-corrected chi connectivity index (χ3v) is 3.15.